The minimum atomic E-state index is -0.144. The minimum absolute atomic E-state index is 0.0166. The van der Waals surface area contributed by atoms with Crippen LogP contribution in [0.15, 0.2) is 18.2 Å². The van der Waals surface area contributed by atoms with Crippen molar-refractivity contribution in [2.24, 2.45) is 0 Å². The van der Waals surface area contributed by atoms with E-state index in [9.17, 15) is 5.11 Å². The molecule has 1 aromatic carbocycles. The molecule has 0 unspecified atom stereocenters. The van der Waals surface area contributed by atoms with E-state index in [2.05, 4.69) is 4.98 Å². The standard InChI is InChI=1S/C13H18N2O3/c1-9(2)18-10-3-4-12-11(7-10)14-13(8-17)15(12)5-6-16/h3-4,7,9,16-17H,5-6,8H2,1-2H3. The Morgan fingerprint density at radius 2 is 2.11 bits per heavy atom. The molecule has 0 aliphatic carbocycles. The summed E-state index contributed by atoms with van der Waals surface area (Å²) in [6.07, 6.45) is 0.110. The number of rotatable bonds is 5. The fraction of sp³-hybridized carbons (Fsp3) is 0.462. The van der Waals surface area contributed by atoms with E-state index >= 15 is 0 Å². The third-order valence-electron chi connectivity index (χ3n) is 2.64. The molecule has 5 nitrogen and oxygen atoms in total. The Hall–Kier alpha value is -1.59. The average Bonchev–Trinajstić information content (AvgIpc) is 2.66. The van der Waals surface area contributed by atoms with Gasteiger partial charge < -0.3 is 19.5 Å². The molecule has 1 aromatic heterocycles. The van der Waals surface area contributed by atoms with E-state index in [0.717, 1.165) is 16.8 Å². The van der Waals surface area contributed by atoms with E-state index in [-0.39, 0.29) is 19.3 Å². The number of fused-ring (bicyclic) bond motifs is 1. The largest absolute Gasteiger partial charge is 0.491 e. The van der Waals surface area contributed by atoms with Crippen molar-refractivity contribution < 1.29 is 14.9 Å². The second-order valence-corrected chi connectivity index (χ2v) is 4.38. The molecule has 0 saturated carbocycles. The highest BCUT2D eigenvalue weighted by Crippen LogP contribution is 2.22. The topological polar surface area (TPSA) is 67.5 Å². The van der Waals surface area contributed by atoms with Crippen LogP contribution in [0, 0.1) is 0 Å². The first-order valence-corrected chi connectivity index (χ1v) is 6.03. The van der Waals surface area contributed by atoms with Crippen molar-refractivity contribution in [2.45, 2.75) is 33.1 Å². The summed E-state index contributed by atoms with van der Waals surface area (Å²) in [6, 6.07) is 5.62. The quantitative estimate of drug-likeness (QED) is 0.839. The second kappa shape index (κ2) is 5.37. The lowest BCUT2D eigenvalue weighted by Crippen LogP contribution is -2.07. The fourth-order valence-electron chi connectivity index (χ4n) is 1.98. The summed E-state index contributed by atoms with van der Waals surface area (Å²) in [5, 5.41) is 18.3. The zero-order valence-corrected chi connectivity index (χ0v) is 10.6. The third-order valence-corrected chi connectivity index (χ3v) is 2.64. The second-order valence-electron chi connectivity index (χ2n) is 4.38. The summed E-state index contributed by atoms with van der Waals surface area (Å²) in [7, 11) is 0. The number of hydrogen-bond acceptors (Lipinski definition) is 4. The maximum atomic E-state index is 9.26. The lowest BCUT2D eigenvalue weighted by Gasteiger charge is -2.09. The highest BCUT2D eigenvalue weighted by Gasteiger charge is 2.10. The van der Waals surface area contributed by atoms with Crippen molar-refractivity contribution in [2.75, 3.05) is 6.61 Å². The summed E-state index contributed by atoms with van der Waals surface area (Å²) in [4.78, 5) is 4.34. The molecule has 0 radical (unpaired) electrons. The molecule has 2 N–H and O–H groups in total. The zero-order valence-electron chi connectivity index (χ0n) is 10.6. The van der Waals surface area contributed by atoms with Gasteiger partial charge in [0.25, 0.3) is 0 Å². The Labute approximate surface area is 106 Å². The normalized spacial score (nSPS) is 11.4. The van der Waals surface area contributed by atoms with E-state index in [1.807, 2.05) is 36.6 Å². The maximum absolute atomic E-state index is 9.26. The van der Waals surface area contributed by atoms with Crippen molar-refractivity contribution in [3.8, 4) is 5.75 Å². The first-order chi connectivity index (χ1) is 8.65. The lowest BCUT2D eigenvalue weighted by molar-refractivity contribution is 0.242. The zero-order chi connectivity index (χ0) is 13.1. The van der Waals surface area contributed by atoms with Gasteiger partial charge in [-0.25, -0.2) is 4.98 Å². The van der Waals surface area contributed by atoms with Crippen LogP contribution in [0.25, 0.3) is 11.0 Å². The van der Waals surface area contributed by atoms with Crippen LogP contribution < -0.4 is 4.74 Å². The number of aromatic nitrogens is 2. The van der Waals surface area contributed by atoms with Gasteiger partial charge in [0.1, 0.15) is 18.2 Å². The first-order valence-electron chi connectivity index (χ1n) is 6.03. The van der Waals surface area contributed by atoms with E-state index in [4.69, 9.17) is 9.84 Å². The number of benzene rings is 1. The van der Waals surface area contributed by atoms with Gasteiger partial charge in [0.15, 0.2) is 0 Å². The smallest absolute Gasteiger partial charge is 0.135 e. The Balaban J connectivity index is 2.45. The summed E-state index contributed by atoms with van der Waals surface area (Å²) in [5.41, 5.74) is 1.66. The van der Waals surface area contributed by atoms with E-state index in [1.165, 1.54) is 0 Å². The molecular formula is C13H18N2O3. The van der Waals surface area contributed by atoms with Gasteiger partial charge in [-0.2, -0.15) is 0 Å². The van der Waals surface area contributed by atoms with Crippen molar-refractivity contribution in [3.63, 3.8) is 0 Å². The van der Waals surface area contributed by atoms with Crippen LogP contribution >= 0.6 is 0 Å². The van der Waals surface area contributed by atoms with Gasteiger partial charge in [-0.1, -0.05) is 0 Å². The Kier molecular flexibility index (Phi) is 3.84. The number of aliphatic hydroxyl groups excluding tert-OH is 2. The first kappa shape index (κ1) is 12.9. The Morgan fingerprint density at radius 1 is 1.33 bits per heavy atom. The van der Waals surface area contributed by atoms with Gasteiger partial charge in [0.2, 0.25) is 0 Å². The molecule has 0 bridgehead atoms. The van der Waals surface area contributed by atoms with Gasteiger partial charge in [0.05, 0.1) is 23.7 Å². The highest BCUT2D eigenvalue weighted by molar-refractivity contribution is 5.77. The molecule has 0 aliphatic rings. The van der Waals surface area contributed by atoms with Gasteiger partial charge in [0, 0.05) is 12.6 Å². The lowest BCUT2D eigenvalue weighted by atomic mass is 10.3. The van der Waals surface area contributed by atoms with Crippen LogP contribution in [-0.2, 0) is 13.2 Å². The predicted molar refractivity (Wildman–Crippen MR) is 68.5 cm³/mol. The van der Waals surface area contributed by atoms with Crippen molar-refractivity contribution in [1.82, 2.24) is 9.55 Å². The van der Waals surface area contributed by atoms with Crippen LogP contribution in [-0.4, -0.2) is 32.5 Å². The van der Waals surface area contributed by atoms with Crippen LogP contribution in [0.3, 0.4) is 0 Å². The fourth-order valence-corrected chi connectivity index (χ4v) is 1.98. The van der Waals surface area contributed by atoms with Crippen molar-refractivity contribution in [3.05, 3.63) is 24.0 Å². The molecular weight excluding hydrogens is 232 g/mol. The van der Waals surface area contributed by atoms with E-state index in [1.54, 1.807) is 0 Å². The molecule has 18 heavy (non-hydrogen) atoms. The molecule has 98 valence electrons. The molecule has 2 rings (SSSR count). The van der Waals surface area contributed by atoms with Crippen molar-refractivity contribution >= 4 is 11.0 Å². The predicted octanol–water partition coefficient (Wildman–Crippen LogP) is 1.31. The molecule has 0 spiro atoms. The number of aliphatic hydroxyl groups is 2. The molecule has 0 saturated heterocycles. The van der Waals surface area contributed by atoms with Gasteiger partial charge in [-0.15, -0.1) is 0 Å². The highest BCUT2D eigenvalue weighted by atomic mass is 16.5. The van der Waals surface area contributed by atoms with Crippen LogP contribution in [0.5, 0.6) is 5.75 Å². The molecule has 0 atom stereocenters. The number of imidazole rings is 1. The van der Waals surface area contributed by atoms with Gasteiger partial charge in [-0.3, -0.25) is 0 Å². The number of hydrogen-bond donors (Lipinski definition) is 2. The molecule has 0 fully saturated rings. The van der Waals surface area contributed by atoms with Crippen LogP contribution in [0.2, 0.25) is 0 Å². The Bertz CT molecular complexity index is 534. The average molecular weight is 250 g/mol. The molecule has 2 aromatic rings. The summed E-state index contributed by atoms with van der Waals surface area (Å²) < 4.78 is 7.42. The van der Waals surface area contributed by atoms with E-state index < -0.39 is 0 Å². The number of nitrogens with zero attached hydrogens (tertiary/aromatic N) is 2. The van der Waals surface area contributed by atoms with Crippen LogP contribution in [0.1, 0.15) is 19.7 Å². The third kappa shape index (κ3) is 2.47. The molecule has 0 amide bonds. The van der Waals surface area contributed by atoms with E-state index in [0.29, 0.717) is 12.4 Å². The van der Waals surface area contributed by atoms with Crippen LogP contribution in [0.4, 0.5) is 0 Å². The van der Waals surface area contributed by atoms with Gasteiger partial charge >= 0.3 is 0 Å². The maximum Gasteiger partial charge on any atom is 0.135 e. The van der Waals surface area contributed by atoms with Gasteiger partial charge in [-0.05, 0) is 26.0 Å². The van der Waals surface area contributed by atoms with Crippen molar-refractivity contribution in [1.29, 1.82) is 0 Å². The SMILES string of the molecule is CC(C)Oc1ccc2c(c1)nc(CO)n2CCO. The monoisotopic (exact) mass is 250 g/mol. The number of ether oxygens (including phenoxy) is 1. The summed E-state index contributed by atoms with van der Waals surface area (Å²) in [5.74, 6) is 1.32. The summed E-state index contributed by atoms with van der Waals surface area (Å²) >= 11 is 0. The summed E-state index contributed by atoms with van der Waals surface area (Å²) in [6.45, 7) is 4.23. The molecule has 1 heterocycles. The molecule has 0 aliphatic heterocycles. The molecule has 5 heteroatoms. The minimum Gasteiger partial charge on any atom is -0.491 e. The Morgan fingerprint density at radius 3 is 2.72 bits per heavy atom.